The third-order valence-corrected chi connectivity index (χ3v) is 5.85. The van der Waals surface area contributed by atoms with Gasteiger partial charge in [-0.15, -0.1) is 0 Å². The number of nitrogens with zero attached hydrogens (tertiary/aromatic N) is 2. The number of benzene rings is 1. The van der Waals surface area contributed by atoms with Crippen LogP contribution in [0.4, 0.5) is 0 Å². The van der Waals surface area contributed by atoms with E-state index in [1.165, 1.54) is 12.1 Å². The molecule has 1 aromatic carbocycles. The van der Waals surface area contributed by atoms with E-state index in [9.17, 15) is 13.2 Å². The number of hydrogen-bond acceptors (Lipinski definition) is 4. The summed E-state index contributed by atoms with van der Waals surface area (Å²) in [5.41, 5.74) is 1.27. The summed E-state index contributed by atoms with van der Waals surface area (Å²) in [7, 11) is -1.88. The molecule has 1 aromatic heterocycles. The van der Waals surface area contributed by atoms with Crippen LogP contribution in [0.1, 0.15) is 28.9 Å². The Kier molecular flexibility index (Phi) is 5.68. The molecule has 0 bridgehead atoms. The van der Waals surface area contributed by atoms with Crippen LogP contribution in [0.5, 0.6) is 0 Å². The van der Waals surface area contributed by atoms with Gasteiger partial charge < -0.3 is 4.90 Å². The Morgan fingerprint density at radius 1 is 1.23 bits per heavy atom. The van der Waals surface area contributed by atoms with Crippen molar-refractivity contribution in [2.45, 2.75) is 24.2 Å². The Hall–Kier alpha value is -2.25. The zero-order chi connectivity index (χ0) is 18.6. The van der Waals surface area contributed by atoms with E-state index in [0.717, 1.165) is 18.5 Å². The summed E-state index contributed by atoms with van der Waals surface area (Å²) in [6.07, 6.45) is 4.51. The molecule has 0 unspecified atom stereocenters. The van der Waals surface area contributed by atoms with Crippen molar-refractivity contribution in [2.75, 3.05) is 20.1 Å². The number of aromatic nitrogens is 1. The molecule has 1 N–H and O–H groups in total. The van der Waals surface area contributed by atoms with E-state index in [2.05, 4.69) is 9.71 Å². The van der Waals surface area contributed by atoms with Gasteiger partial charge in [0.05, 0.1) is 4.90 Å². The lowest BCUT2D eigenvalue weighted by Gasteiger charge is -2.17. The van der Waals surface area contributed by atoms with Gasteiger partial charge in [0.15, 0.2) is 0 Å². The second kappa shape index (κ2) is 7.97. The van der Waals surface area contributed by atoms with Gasteiger partial charge in [0.2, 0.25) is 10.0 Å². The van der Waals surface area contributed by atoms with E-state index in [1.54, 1.807) is 30.3 Å². The average molecular weight is 373 g/mol. The van der Waals surface area contributed by atoms with E-state index >= 15 is 0 Å². The topological polar surface area (TPSA) is 79.4 Å². The molecule has 0 atom stereocenters. The first kappa shape index (κ1) is 18.5. The lowest BCUT2D eigenvalue weighted by molar-refractivity contribution is 0.0796. The molecule has 26 heavy (non-hydrogen) atoms. The van der Waals surface area contributed by atoms with Crippen LogP contribution in [-0.2, 0) is 16.4 Å². The maximum Gasteiger partial charge on any atom is 0.253 e. The molecule has 138 valence electrons. The van der Waals surface area contributed by atoms with Gasteiger partial charge in [-0.3, -0.25) is 9.78 Å². The third kappa shape index (κ3) is 4.89. The number of sulfonamides is 1. The van der Waals surface area contributed by atoms with Gasteiger partial charge in [-0.1, -0.05) is 12.1 Å². The van der Waals surface area contributed by atoms with E-state index in [-0.39, 0.29) is 10.8 Å². The van der Waals surface area contributed by atoms with Crippen molar-refractivity contribution in [2.24, 2.45) is 5.92 Å². The molecule has 1 aliphatic carbocycles. The summed E-state index contributed by atoms with van der Waals surface area (Å²) in [4.78, 5) is 18.6. The first-order valence-electron chi connectivity index (χ1n) is 8.71. The van der Waals surface area contributed by atoms with E-state index in [4.69, 9.17) is 0 Å². The minimum Gasteiger partial charge on any atom is -0.341 e. The first-order chi connectivity index (χ1) is 12.5. The van der Waals surface area contributed by atoms with Gasteiger partial charge in [0.25, 0.3) is 5.91 Å². The van der Waals surface area contributed by atoms with Crippen molar-refractivity contribution >= 4 is 15.9 Å². The van der Waals surface area contributed by atoms with Gasteiger partial charge in [-0.25, -0.2) is 13.1 Å². The molecule has 2 aromatic rings. The fourth-order valence-corrected chi connectivity index (χ4v) is 3.74. The Bertz CT molecular complexity index is 865. The highest BCUT2D eigenvalue weighted by Crippen LogP contribution is 2.28. The molecule has 1 aliphatic rings. The van der Waals surface area contributed by atoms with Crippen LogP contribution in [-0.4, -0.2) is 44.3 Å². The molecule has 1 fully saturated rings. The molecule has 0 radical (unpaired) electrons. The summed E-state index contributed by atoms with van der Waals surface area (Å²) in [6.45, 7) is 0.969. The van der Waals surface area contributed by atoms with Crippen molar-refractivity contribution in [3.8, 4) is 0 Å². The van der Waals surface area contributed by atoms with Crippen LogP contribution in [0.25, 0.3) is 0 Å². The molecular formula is C19H23N3O3S. The fourth-order valence-electron chi connectivity index (χ4n) is 2.58. The highest BCUT2D eigenvalue weighted by atomic mass is 32.2. The lowest BCUT2D eigenvalue weighted by atomic mass is 10.2. The Labute approximate surface area is 154 Å². The standard InChI is InChI=1S/C19H23N3O3S/c1-22(12-10-17-6-2-3-11-20-17)19(23)16-5-4-7-18(13-16)26(24,25)21-14-15-8-9-15/h2-7,11,13,15,21H,8-10,12,14H2,1H3. The smallest absolute Gasteiger partial charge is 0.253 e. The van der Waals surface area contributed by atoms with Crippen LogP contribution < -0.4 is 4.72 Å². The third-order valence-electron chi connectivity index (χ3n) is 4.43. The summed E-state index contributed by atoms with van der Waals surface area (Å²) in [5, 5.41) is 0. The van der Waals surface area contributed by atoms with Crippen LogP contribution in [0.15, 0.2) is 53.6 Å². The normalized spacial score (nSPS) is 14.2. The van der Waals surface area contributed by atoms with Crippen LogP contribution in [0.2, 0.25) is 0 Å². The zero-order valence-corrected chi connectivity index (χ0v) is 15.6. The molecule has 0 saturated heterocycles. The van der Waals surface area contributed by atoms with Gasteiger partial charge in [0, 0.05) is 44.0 Å². The van der Waals surface area contributed by atoms with Gasteiger partial charge >= 0.3 is 0 Å². The summed E-state index contributed by atoms with van der Waals surface area (Å²) in [6, 6.07) is 11.9. The second-order valence-corrected chi connectivity index (χ2v) is 8.39. The molecule has 0 aliphatic heterocycles. The largest absolute Gasteiger partial charge is 0.341 e. The Balaban J connectivity index is 1.65. The highest BCUT2D eigenvalue weighted by Gasteiger charge is 2.24. The van der Waals surface area contributed by atoms with Crippen LogP contribution >= 0.6 is 0 Å². The minimum absolute atomic E-state index is 0.127. The Morgan fingerprint density at radius 2 is 2.04 bits per heavy atom. The van der Waals surface area contributed by atoms with Gasteiger partial charge in [0.1, 0.15) is 0 Å². The van der Waals surface area contributed by atoms with Crippen molar-refractivity contribution in [1.82, 2.24) is 14.6 Å². The molecule has 1 amide bonds. The summed E-state index contributed by atoms with van der Waals surface area (Å²) in [5.74, 6) is 0.243. The second-order valence-electron chi connectivity index (χ2n) is 6.62. The van der Waals surface area contributed by atoms with Gasteiger partial charge in [-0.05, 0) is 49.1 Å². The zero-order valence-electron chi connectivity index (χ0n) is 14.8. The number of hydrogen-bond donors (Lipinski definition) is 1. The quantitative estimate of drug-likeness (QED) is 0.768. The molecule has 1 saturated carbocycles. The number of likely N-dealkylation sites (N-methyl/N-ethyl adjacent to an activating group) is 1. The maximum atomic E-state index is 12.6. The van der Waals surface area contributed by atoms with Crippen LogP contribution in [0.3, 0.4) is 0 Å². The summed E-state index contributed by atoms with van der Waals surface area (Å²) < 4.78 is 27.4. The maximum absolute atomic E-state index is 12.6. The molecular weight excluding hydrogens is 350 g/mol. The monoisotopic (exact) mass is 373 g/mol. The Morgan fingerprint density at radius 3 is 2.73 bits per heavy atom. The molecule has 7 heteroatoms. The van der Waals surface area contributed by atoms with Gasteiger partial charge in [-0.2, -0.15) is 0 Å². The van der Waals surface area contributed by atoms with Crippen molar-refractivity contribution in [3.63, 3.8) is 0 Å². The van der Waals surface area contributed by atoms with E-state index in [0.29, 0.717) is 31.0 Å². The predicted octanol–water partition coefficient (Wildman–Crippen LogP) is 2.08. The number of amides is 1. The number of carbonyl (C=O) groups is 1. The lowest BCUT2D eigenvalue weighted by Crippen LogP contribution is -2.30. The predicted molar refractivity (Wildman–Crippen MR) is 99.3 cm³/mol. The van der Waals surface area contributed by atoms with Crippen LogP contribution in [0, 0.1) is 5.92 Å². The molecule has 0 spiro atoms. The minimum atomic E-state index is -3.58. The van der Waals surface area contributed by atoms with E-state index in [1.807, 2.05) is 18.2 Å². The molecule has 3 rings (SSSR count). The van der Waals surface area contributed by atoms with Crippen molar-refractivity contribution in [3.05, 3.63) is 59.9 Å². The van der Waals surface area contributed by atoms with E-state index < -0.39 is 10.0 Å². The fraction of sp³-hybridized carbons (Fsp3) is 0.368. The number of carbonyl (C=O) groups excluding carboxylic acids is 1. The van der Waals surface area contributed by atoms with Crippen molar-refractivity contribution < 1.29 is 13.2 Å². The van der Waals surface area contributed by atoms with Crippen molar-refractivity contribution in [1.29, 1.82) is 0 Å². The number of nitrogens with one attached hydrogen (secondary N) is 1. The molecule has 1 heterocycles. The number of pyridine rings is 1. The first-order valence-corrected chi connectivity index (χ1v) is 10.2. The number of rotatable bonds is 8. The summed E-state index contributed by atoms with van der Waals surface area (Å²) >= 11 is 0. The highest BCUT2D eigenvalue weighted by molar-refractivity contribution is 7.89. The molecule has 6 nitrogen and oxygen atoms in total. The average Bonchev–Trinajstić information content (AvgIpc) is 3.49. The SMILES string of the molecule is CN(CCc1ccccn1)C(=O)c1cccc(S(=O)(=O)NCC2CC2)c1.